The molecule has 1 aromatic carbocycles. The average Bonchev–Trinajstić information content (AvgIpc) is 3.63. The molecular formula is C34H36N10O4. The Hall–Kier alpha value is -5.37. The molecule has 6 heterocycles. The van der Waals surface area contributed by atoms with E-state index < -0.39 is 5.91 Å². The van der Waals surface area contributed by atoms with Gasteiger partial charge in [-0.3, -0.25) is 24.0 Å². The second-order valence-corrected chi connectivity index (χ2v) is 12.7. The second kappa shape index (κ2) is 12.3. The van der Waals surface area contributed by atoms with Crippen molar-refractivity contribution in [1.82, 2.24) is 40.1 Å². The Morgan fingerprint density at radius 1 is 0.979 bits per heavy atom. The lowest BCUT2D eigenvalue weighted by Gasteiger charge is -2.40. The highest BCUT2D eigenvalue weighted by atomic mass is 16.5. The third kappa shape index (κ3) is 5.72. The fraction of sp³-hybridized carbons (Fsp3) is 0.382. The standard InChI is InChI=1S/C34H36N10O4/c1-35-33(46)30-27(14-29(40-41-30)39-32(45)20-10-11-20)38-25-8-5-7-23-24-15-36-44(28(24)19-48-31(23)25)22-17-42(18-22)16-21-6-4-9-26(37-21)34(47)43-12-2-3-13-43/h4-9,14-15,20,22H,2-3,10-13,16-19H2,1H3,(H,35,46)(H2,38,39,40,45). The highest BCUT2D eigenvalue weighted by molar-refractivity contribution is 6.00. The summed E-state index contributed by atoms with van der Waals surface area (Å²) in [6.07, 6.45) is 5.71. The van der Waals surface area contributed by atoms with E-state index in [1.54, 1.807) is 12.1 Å². The second-order valence-electron chi connectivity index (χ2n) is 12.7. The van der Waals surface area contributed by atoms with Crippen molar-refractivity contribution in [2.45, 2.75) is 44.9 Å². The van der Waals surface area contributed by atoms with E-state index in [0.29, 0.717) is 36.0 Å². The fourth-order valence-electron chi connectivity index (χ4n) is 6.59. The van der Waals surface area contributed by atoms with Crippen LogP contribution in [0.1, 0.15) is 64.1 Å². The van der Waals surface area contributed by atoms with Gasteiger partial charge in [0.05, 0.1) is 35.0 Å². The van der Waals surface area contributed by atoms with Crippen LogP contribution in [-0.2, 0) is 17.9 Å². The number of nitrogens with zero attached hydrogens (tertiary/aromatic N) is 7. The van der Waals surface area contributed by atoms with Gasteiger partial charge < -0.3 is 25.6 Å². The van der Waals surface area contributed by atoms with E-state index in [-0.39, 0.29) is 35.3 Å². The number of para-hydroxylation sites is 1. The Morgan fingerprint density at radius 3 is 2.58 bits per heavy atom. The molecule has 4 aliphatic rings. The van der Waals surface area contributed by atoms with E-state index in [1.165, 1.54) is 7.05 Å². The fourth-order valence-corrected chi connectivity index (χ4v) is 6.59. The smallest absolute Gasteiger partial charge is 0.273 e. The van der Waals surface area contributed by atoms with Crippen molar-refractivity contribution in [1.29, 1.82) is 0 Å². The van der Waals surface area contributed by atoms with Crippen LogP contribution < -0.4 is 20.7 Å². The Morgan fingerprint density at radius 2 is 1.79 bits per heavy atom. The lowest BCUT2D eigenvalue weighted by molar-refractivity contribution is -0.117. The summed E-state index contributed by atoms with van der Waals surface area (Å²) in [5, 5.41) is 21.6. The number of benzene rings is 1. The third-order valence-corrected chi connectivity index (χ3v) is 9.35. The summed E-state index contributed by atoms with van der Waals surface area (Å²) in [5.41, 5.74) is 5.42. The number of anilines is 3. The molecule has 2 saturated heterocycles. The first kappa shape index (κ1) is 30.0. The van der Waals surface area contributed by atoms with Crippen molar-refractivity contribution in [3.8, 4) is 16.9 Å². The lowest BCUT2D eigenvalue weighted by Crippen LogP contribution is -2.48. The summed E-state index contributed by atoms with van der Waals surface area (Å²) in [5.74, 6) is 0.414. The highest BCUT2D eigenvalue weighted by Gasteiger charge is 2.34. The maximum absolute atomic E-state index is 12.8. The molecule has 1 aliphatic carbocycles. The van der Waals surface area contributed by atoms with Crippen molar-refractivity contribution < 1.29 is 19.1 Å². The number of amides is 3. The van der Waals surface area contributed by atoms with Gasteiger partial charge in [0.15, 0.2) is 17.3 Å². The predicted octanol–water partition coefficient (Wildman–Crippen LogP) is 3.37. The summed E-state index contributed by atoms with van der Waals surface area (Å²) in [4.78, 5) is 46.7. The average molecular weight is 649 g/mol. The van der Waals surface area contributed by atoms with Crippen molar-refractivity contribution in [2.75, 3.05) is 43.9 Å². The molecule has 8 rings (SSSR count). The number of fused-ring (bicyclic) bond motifs is 3. The molecule has 0 atom stereocenters. The van der Waals surface area contributed by atoms with E-state index in [2.05, 4.69) is 40.7 Å². The van der Waals surface area contributed by atoms with Gasteiger partial charge in [0.25, 0.3) is 11.8 Å². The number of nitrogens with one attached hydrogen (secondary N) is 3. The van der Waals surface area contributed by atoms with Crippen LogP contribution in [0.5, 0.6) is 5.75 Å². The Bertz CT molecular complexity index is 1910. The maximum atomic E-state index is 12.8. The summed E-state index contributed by atoms with van der Waals surface area (Å²) < 4.78 is 8.40. The molecule has 0 unspecified atom stereocenters. The van der Waals surface area contributed by atoms with Gasteiger partial charge >= 0.3 is 0 Å². The van der Waals surface area contributed by atoms with Gasteiger partial charge in [0.1, 0.15) is 12.3 Å². The van der Waals surface area contributed by atoms with Gasteiger partial charge in [-0.15, -0.1) is 10.2 Å². The summed E-state index contributed by atoms with van der Waals surface area (Å²) in [7, 11) is 1.53. The molecule has 14 nitrogen and oxygen atoms in total. The zero-order valence-corrected chi connectivity index (χ0v) is 26.6. The molecule has 3 fully saturated rings. The molecule has 3 amide bonds. The van der Waals surface area contributed by atoms with E-state index in [4.69, 9.17) is 9.84 Å². The molecule has 4 aromatic rings. The molecule has 14 heteroatoms. The number of rotatable bonds is 9. The monoisotopic (exact) mass is 648 g/mol. The Balaban J connectivity index is 0.970. The number of hydrogen-bond acceptors (Lipinski definition) is 10. The van der Waals surface area contributed by atoms with Crippen LogP contribution in [0.2, 0.25) is 0 Å². The number of likely N-dealkylation sites (tertiary alicyclic amines) is 2. The van der Waals surface area contributed by atoms with Crippen molar-refractivity contribution >= 4 is 34.9 Å². The van der Waals surface area contributed by atoms with Crippen LogP contribution in [0.15, 0.2) is 48.7 Å². The largest absolute Gasteiger partial charge is 0.484 e. The number of aromatic nitrogens is 5. The first-order chi connectivity index (χ1) is 23.4. The molecular weight excluding hydrogens is 612 g/mol. The minimum Gasteiger partial charge on any atom is -0.484 e. The first-order valence-electron chi connectivity index (χ1n) is 16.4. The van der Waals surface area contributed by atoms with Crippen LogP contribution in [-0.4, -0.2) is 85.7 Å². The quantitative estimate of drug-likeness (QED) is 0.246. The first-order valence-corrected chi connectivity index (χ1v) is 16.4. The van der Waals surface area contributed by atoms with E-state index >= 15 is 0 Å². The summed E-state index contributed by atoms with van der Waals surface area (Å²) >= 11 is 0. The zero-order valence-electron chi connectivity index (χ0n) is 26.6. The topological polar surface area (TPSA) is 160 Å². The Kier molecular flexibility index (Phi) is 7.71. The van der Waals surface area contributed by atoms with E-state index in [1.807, 2.05) is 41.4 Å². The maximum Gasteiger partial charge on any atom is 0.273 e. The molecule has 246 valence electrons. The van der Waals surface area contributed by atoms with Gasteiger partial charge in [-0.05, 0) is 43.9 Å². The van der Waals surface area contributed by atoms with Crippen LogP contribution in [0.3, 0.4) is 0 Å². The van der Waals surface area contributed by atoms with Crippen LogP contribution in [0, 0.1) is 5.92 Å². The number of ether oxygens (including phenoxy) is 1. The van der Waals surface area contributed by atoms with Gasteiger partial charge in [-0.25, -0.2) is 4.98 Å². The summed E-state index contributed by atoms with van der Waals surface area (Å²) in [6, 6.07) is 13.3. The molecule has 3 aromatic heterocycles. The molecule has 48 heavy (non-hydrogen) atoms. The molecule has 0 bridgehead atoms. The molecule has 0 radical (unpaired) electrons. The highest BCUT2D eigenvalue weighted by Crippen LogP contribution is 2.44. The Labute approximate surface area is 276 Å². The number of hydrogen-bond donors (Lipinski definition) is 3. The van der Waals surface area contributed by atoms with Gasteiger partial charge in [0, 0.05) is 62.9 Å². The minimum atomic E-state index is -0.409. The molecule has 0 spiro atoms. The van der Waals surface area contributed by atoms with Crippen molar-refractivity contribution in [3.05, 3.63) is 71.4 Å². The van der Waals surface area contributed by atoms with Crippen LogP contribution in [0.25, 0.3) is 11.1 Å². The predicted molar refractivity (Wildman–Crippen MR) is 176 cm³/mol. The zero-order chi connectivity index (χ0) is 32.8. The minimum absolute atomic E-state index is 0.00000562. The third-order valence-electron chi connectivity index (χ3n) is 9.35. The van der Waals surface area contributed by atoms with E-state index in [9.17, 15) is 14.4 Å². The molecule has 1 saturated carbocycles. The number of pyridine rings is 1. The lowest BCUT2D eigenvalue weighted by atomic mass is 10.0. The number of carbonyl (C=O) groups is 3. The van der Waals surface area contributed by atoms with Gasteiger partial charge in [0.2, 0.25) is 5.91 Å². The van der Waals surface area contributed by atoms with Crippen molar-refractivity contribution in [3.63, 3.8) is 0 Å². The normalized spacial score (nSPS) is 17.1. The molecule has 3 N–H and O–H groups in total. The van der Waals surface area contributed by atoms with Crippen molar-refractivity contribution in [2.24, 2.45) is 5.92 Å². The molecule has 3 aliphatic heterocycles. The SMILES string of the molecule is CNC(=O)c1nnc(NC(=O)C2CC2)cc1Nc1cccc2c1OCc1c-2cnn1C1CN(Cc2cccc(C(=O)N3CCCC3)n2)C1. The van der Waals surface area contributed by atoms with Crippen LogP contribution in [0.4, 0.5) is 17.2 Å². The van der Waals surface area contributed by atoms with Gasteiger partial charge in [-0.2, -0.15) is 5.10 Å². The number of carbonyl (C=O) groups excluding carboxylic acids is 3. The van der Waals surface area contributed by atoms with Crippen LogP contribution >= 0.6 is 0 Å². The van der Waals surface area contributed by atoms with Gasteiger partial charge in [-0.1, -0.05) is 18.2 Å². The summed E-state index contributed by atoms with van der Waals surface area (Å²) in [6.45, 7) is 4.24. The van der Waals surface area contributed by atoms with E-state index in [0.717, 1.165) is 74.4 Å².